The highest BCUT2D eigenvalue weighted by Crippen LogP contribution is 1.98. The molecule has 15 heteroatoms. The van der Waals surface area contributed by atoms with Gasteiger partial charge in [-0.2, -0.15) is 0 Å². The van der Waals surface area contributed by atoms with Crippen LogP contribution in [0, 0.1) is 0 Å². The predicted molar refractivity (Wildman–Crippen MR) is 86.3 cm³/mol. The molecule has 0 aromatic carbocycles. The van der Waals surface area contributed by atoms with Crippen LogP contribution >= 0.6 is 0 Å². The highest BCUT2D eigenvalue weighted by molar-refractivity contribution is 8.12. The third kappa shape index (κ3) is 4.78. The van der Waals surface area contributed by atoms with Crippen LogP contribution in [0.3, 0.4) is 0 Å². The normalized spacial score (nSPS) is 9.00. The van der Waals surface area contributed by atoms with Crippen LogP contribution in [0.25, 0.3) is 0 Å². The molecule has 15 heavy (non-hydrogen) atoms. The van der Waals surface area contributed by atoms with Crippen LogP contribution in [0.5, 0.6) is 0 Å². The molecule has 0 atom stereocenters. The van der Waals surface area contributed by atoms with Gasteiger partial charge in [0.1, 0.15) is 0 Å². The van der Waals surface area contributed by atoms with E-state index in [0.29, 0.717) is 0 Å². The summed E-state index contributed by atoms with van der Waals surface area (Å²) in [4.78, 5) is 0. The van der Waals surface area contributed by atoms with Crippen molar-refractivity contribution in [2.45, 2.75) is 0 Å². The fraction of sp³-hybridized carbons (Fsp3) is 0. The number of hydrogen-bond donors (Lipinski definition) is 0. The van der Waals surface area contributed by atoms with Crippen molar-refractivity contribution >= 4 is 107 Å². The summed E-state index contributed by atoms with van der Waals surface area (Å²) < 4.78 is 0. The fourth-order valence-electron chi connectivity index (χ4n) is 1.67. The van der Waals surface area contributed by atoms with Crippen molar-refractivity contribution in [3.05, 3.63) is 0 Å². The zero-order valence-electron chi connectivity index (χ0n) is 8.66. The zero-order chi connectivity index (χ0) is 12.2. The lowest BCUT2D eigenvalue weighted by Gasteiger charge is -2.51. The maximum Gasteiger partial charge on any atom is -0.00000483 e. The Morgan fingerprint density at radius 2 is 1.20 bits per heavy atom. The summed E-state index contributed by atoms with van der Waals surface area (Å²) in [6, 6.07) is 0. The minimum atomic E-state index is -0.754. The van der Waals surface area contributed by atoms with Gasteiger partial charge in [-0.15, -0.1) is 0 Å². The topological polar surface area (TPSA) is 0 Å². The van der Waals surface area contributed by atoms with Gasteiger partial charge in [-0.3, -0.25) is 7.06 Å². The van der Waals surface area contributed by atoms with Gasteiger partial charge in [-0.05, 0) is 64.2 Å². The highest BCUT2D eigenvalue weighted by Gasteiger charge is 2.28. The standard InChI is InChI=1S/B15/c1-9-13(8)15(12(6)7)14(10(2)3)11(4)5/q-3. The second kappa shape index (κ2) is 7.33. The molecule has 0 aliphatic rings. The van der Waals surface area contributed by atoms with E-state index in [4.69, 9.17) is 61.9 Å². The Hall–Kier alpha value is 0.974. The lowest BCUT2D eigenvalue weighted by atomic mass is 8.46. The van der Waals surface area contributed by atoms with Crippen LogP contribution < -0.4 is 0 Å². The van der Waals surface area contributed by atoms with Crippen LogP contribution in [0.15, 0.2) is 0 Å². The Kier molecular flexibility index (Phi) is 7.81. The average Bonchev–Trinajstić information content (AvgIpc) is 2.10. The lowest BCUT2D eigenvalue weighted by molar-refractivity contribution is 3.40. The van der Waals surface area contributed by atoms with Crippen molar-refractivity contribution in [2.75, 3.05) is 0 Å². The summed E-state index contributed by atoms with van der Waals surface area (Å²) in [6.07, 6.45) is -3.77. The van der Waals surface area contributed by atoms with Gasteiger partial charge in [-0.1, -0.05) is 6.39 Å². The SMILES string of the molecule is [B]B([B])B(B([B-])[B-])B(B([B])[B])B([B])[B][B-]. The lowest BCUT2D eigenvalue weighted by Crippen LogP contribution is -2.73. The molecule has 0 aromatic rings. The van der Waals surface area contributed by atoms with Crippen molar-refractivity contribution in [1.29, 1.82) is 0 Å². The molecule has 0 aliphatic heterocycles. The van der Waals surface area contributed by atoms with Gasteiger partial charge in [-0.25, -0.2) is 0 Å². The van der Waals surface area contributed by atoms with Gasteiger partial charge < -0.3 is 29.6 Å². The van der Waals surface area contributed by atoms with Gasteiger partial charge in [0.2, 0.25) is 0 Å². The molecule has 0 rings (SSSR count). The quantitative estimate of drug-likeness (QED) is 0.341. The summed E-state index contributed by atoms with van der Waals surface area (Å²) in [5.74, 6) is 0. The Balaban J connectivity index is 4.84. The molecule has 0 saturated heterocycles. The molecule has 0 unspecified atom stereocenters. The molecule has 0 aromatic heterocycles. The van der Waals surface area contributed by atoms with Gasteiger partial charge in [0.15, 0.2) is 0 Å². The van der Waals surface area contributed by atoms with E-state index in [1.165, 1.54) is 7.06 Å². The molecule has 0 N–H and O–H groups in total. The van der Waals surface area contributed by atoms with Crippen molar-refractivity contribution in [3.63, 3.8) is 0 Å². The van der Waals surface area contributed by atoms with E-state index in [-0.39, 0.29) is 0 Å². The molecule has 0 spiro atoms. The first-order valence-corrected chi connectivity index (χ1v) is 4.67. The first-order chi connectivity index (χ1) is 6.82. The first-order valence-electron chi connectivity index (χ1n) is 4.67. The summed E-state index contributed by atoms with van der Waals surface area (Å²) in [7, 11) is 45.8. The number of rotatable bonds is 6. The second-order valence-corrected chi connectivity index (χ2v) is 3.66. The Bertz CT molecular complexity index is 147. The monoisotopic (exact) mass is 165 g/mol. The van der Waals surface area contributed by atoms with Gasteiger partial charge in [0.25, 0.3) is 0 Å². The summed E-state index contributed by atoms with van der Waals surface area (Å²) in [6.45, 7) is 0. The van der Waals surface area contributed by atoms with E-state index in [2.05, 4.69) is 0 Å². The largest absolute Gasteiger partial charge is 0.729 e. The summed E-state index contributed by atoms with van der Waals surface area (Å²) in [5.41, 5.74) is 0. The molecular weight excluding hydrogens is 162 g/mol. The molecule has 48 valence electrons. The molecule has 0 heterocycles. The molecule has 0 amide bonds. The van der Waals surface area contributed by atoms with E-state index >= 15 is 0 Å². The van der Waals surface area contributed by atoms with Crippen LogP contribution in [-0.4, -0.2) is 107 Å². The first kappa shape index (κ1) is 16.0. The molecule has 0 saturated carbocycles. The highest BCUT2D eigenvalue weighted by atomic mass is 13.2. The van der Waals surface area contributed by atoms with Crippen LogP contribution in [-0.2, 0) is 0 Å². The summed E-state index contributed by atoms with van der Waals surface area (Å²) >= 11 is 0. The molecule has 20 radical (unpaired) electrons. The summed E-state index contributed by atoms with van der Waals surface area (Å²) in [5, 5.41) is 0. The van der Waals surface area contributed by atoms with E-state index in [0.717, 1.165) is 0 Å². The molecule has 0 fully saturated rings. The zero-order valence-corrected chi connectivity index (χ0v) is 8.66. The van der Waals surface area contributed by atoms with Crippen LogP contribution in [0.2, 0.25) is 0 Å². The maximum atomic E-state index is 5.73. The minimum Gasteiger partial charge on any atom is -0.729 e. The minimum absolute atomic E-state index is 0.463. The molecule has 0 nitrogen and oxygen atoms in total. The average molecular weight is 162 g/mol. The van der Waals surface area contributed by atoms with E-state index < -0.39 is 38.3 Å². The predicted octanol–water partition coefficient (Wildman–Crippen LogP) is -5.71. The van der Waals surface area contributed by atoms with Gasteiger partial charge >= 0.3 is 0 Å². The smallest absolute Gasteiger partial charge is 0.00000483 e. The Morgan fingerprint density at radius 3 is 1.40 bits per heavy atom. The van der Waals surface area contributed by atoms with Crippen LogP contribution in [0.1, 0.15) is 0 Å². The Morgan fingerprint density at radius 1 is 0.800 bits per heavy atom. The van der Waals surface area contributed by atoms with Gasteiger partial charge in [0, 0.05) is 0 Å². The van der Waals surface area contributed by atoms with E-state index in [1.54, 1.807) is 0 Å². The number of hydrogen-bond acceptors (Lipinski definition) is 0. The van der Waals surface area contributed by atoms with Crippen LogP contribution in [0.4, 0.5) is 0 Å². The van der Waals surface area contributed by atoms with E-state index in [9.17, 15) is 0 Å². The third-order valence-corrected chi connectivity index (χ3v) is 2.44. The van der Waals surface area contributed by atoms with Gasteiger partial charge in [0.05, 0.1) is 0 Å². The van der Waals surface area contributed by atoms with Crippen molar-refractivity contribution in [2.24, 2.45) is 0 Å². The third-order valence-electron chi connectivity index (χ3n) is 2.44. The van der Waals surface area contributed by atoms with Crippen molar-refractivity contribution in [1.82, 2.24) is 0 Å². The Labute approximate surface area is 107 Å². The van der Waals surface area contributed by atoms with E-state index in [1.807, 2.05) is 0 Å². The molecule has 0 bridgehead atoms. The van der Waals surface area contributed by atoms with Crippen molar-refractivity contribution in [3.8, 4) is 0 Å². The van der Waals surface area contributed by atoms with Crippen molar-refractivity contribution < 1.29 is 0 Å². The maximum absolute atomic E-state index is 5.73. The molecule has 0 aliphatic carbocycles. The fourth-order valence-corrected chi connectivity index (χ4v) is 1.67. The molecular formula is B15-3. The second-order valence-electron chi connectivity index (χ2n) is 3.66.